The SMILES string of the molecule is COc1ccc(-c2c3c(=O)n(C)c(=O)n(C)c3cn2-c2ccccc2O)cc1OC. The fraction of sp³-hybridized carbons (Fsp3) is 0.182. The normalized spacial score (nSPS) is 11.1. The van der Waals surface area contributed by atoms with Gasteiger partial charge in [0.15, 0.2) is 11.5 Å². The Morgan fingerprint density at radius 2 is 1.60 bits per heavy atom. The van der Waals surface area contributed by atoms with Crippen molar-refractivity contribution in [1.29, 1.82) is 0 Å². The summed E-state index contributed by atoms with van der Waals surface area (Å²) in [6, 6.07) is 12.1. The van der Waals surface area contributed by atoms with Crippen LogP contribution in [0.5, 0.6) is 17.2 Å². The van der Waals surface area contributed by atoms with Gasteiger partial charge in [-0.15, -0.1) is 0 Å². The van der Waals surface area contributed by atoms with E-state index >= 15 is 0 Å². The Hall–Kier alpha value is -3.94. The summed E-state index contributed by atoms with van der Waals surface area (Å²) in [5, 5.41) is 10.8. The lowest BCUT2D eigenvalue weighted by Crippen LogP contribution is -2.36. The topological polar surface area (TPSA) is 87.6 Å². The van der Waals surface area contributed by atoms with Crippen LogP contribution in [0.2, 0.25) is 0 Å². The summed E-state index contributed by atoms with van der Waals surface area (Å²) in [6.45, 7) is 0. The summed E-state index contributed by atoms with van der Waals surface area (Å²) < 4.78 is 15.0. The summed E-state index contributed by atoms with van der Waals surface area (Å²) in [7, 11) is 6.13. The number of phenols is 1. The van der Waals surface area contributed by atoms with Gasteiger partial charge in [0.05, 0.1) is 36.5 Å². The Morgan fingerprint density at radius 1 is 0.900 bits per heavy atom. The van der Waals surface area contributed by atoms with E-state index in [2.05, 4.69) is 0 Å². The molecule has 8 heteroatoms. The van der Waals surface area contributed by atoms with Crippen molar-refractivity contribution in [3.8, 4) is 34.2 Å². The molecule has 2 aromatic carbocycles. The van der Waals surface area contributed by atoms with Gasteiger partial charge in [0, 0.05) is 25.9 Å². The predicted molar refractivity (Wildman–Crippen MR) is 114 cm³/mol. The quantitative estimate of drug-likeness (QED) is 0.561. The first-order chi connectivity index (χ1) is 14.4. The van der Waals surface area contributed by atoms with Gasteiger partial charge in [-0.25, -0.2) is 4.79 Å². The molecule has 154 valence electrons. The predicted octanol–water partition coefficient (Wildman–Crippen LogP) is 2.42. The lowest BCUT2D eigenvalue weighted by molar-refractivity contribution is 0.355. The van der Waals surface area contributed by atoms with E-state index in [-0.39, 0.29) is 5.75 Å². The Balaban J connectivity index is 2.20. The third-order valence-corrected chi connectivity index (χ3v) is 5.24. The highest BCUT2D eigenvalue weighted by atomic mass is 16.5. The molecule has 0 radical (unpaired) electrons. The molecule has 2 aromatic heterocycles. The first kappa shape index (κ1) is 19.4. The van der Waals surface area contributed by atoms with E-state index in [0.717, 1.165) is 4.57 Å². The highest BCUT2D eigenvalue weighted by Crippen LogP contribution is 2.37. The molecule has 0 aliphatic carbocycles. The van der Waals surface area contributed by atoms with Crippen LogP contribution < -0.4 is 20.7 Å². The summed E-state index contributed by atoms with van der Waals surface area (Å²) >= 11 is 0. The number of hydrogen-bond acceptors (Lipinski definition) is 5. The number of aryl methyl sites for hydroxylation is 1. The molecule has 4 aromatic rings. The molecule has 0 unspecified atom stereocenters. The standard InChI is InChI=1S/C22H21N3O5/c1-23-15-12-25(14-7-5-6-8-16(14)26)20(19(15)21(27)24(2)22(23)28)13-9-10-17(29-3)18(11-13)30-4/h5-12,26H,1-4H3. The minimum atomic E-state index is -0.430. The molecule has 0 aliphatic heterocycles. The van der Waals surface area contributed by atoms with Crippen molar-refractivity contribution in [3.63, 3.8) is 0 Å². The summed E-state index contributed by atoms with van der Waals surface area (Å²) in [5.41, 5.74) is 1.28. The maximum Gasteiger partial charge on any atom is 0.330 e. The van der Waals surface area contributed by atoms with Gasteiger partial charge in [-0.05, 0) is 30.3 Å². The van der Waals surface area contributed by atoms with Crippen molar-refractivity contribution in [2.45, 2.75) is 0 Å². The second kappa shape index (κ2) is 7.14. The van der Waals surface area contributed by atoms with E-state index in [4.69, 9.17) is 9.47 Å². The minimum Gasteiger partial charge on any atom is -0.506 e. The molecule has 0 saturated carbocycles. The third-order valence-electron chi connectivity index (χ3n) is 5.24. The van der Waals surface area contributed by atoms with Gasteiger partial charge in [-0.2, -0.15) is 0 Å². The van der Waals surface area contributed by atoms with Crippen molar-refractivity contribution in [3.05, 3.63) is 69.5 Å². The number of phenolic OH excluding ortho intramolecular Hbond substituents is 1. The van der Waals surface area contributed by atoms with Crippen molar-refractivity contribution in [2.75, 3.05) is 14.2 Å². The van der Waals surface area contributed by atoms with E-state index in [9.17, 15) is 14.7 Å². The molecular formula is C22H21N3O5. The van der Waals surface area contributed by atoms with Crippen molar-refractivity contribution >= 4 is 10.9 Å². The van der Waals surface area contributed by atoms with Crippen molar-refractivity contribution in [1.82, 2.24) is 13.7 Å². The van der Waals surface area contributed by atoms with Gasteiger partial charge in [0.25, 0.3) is 5.56 Å². The van der Waals surface area contributed by atoms with Crippen molar-refractivity contribution < 1.29 is 14.6 Å². The van der Waals surface area contributed by atoms with Crippen LogP contribution in [-0.2, 0) is 14.1 Å². The van der Waals surface area contributed by atoms with E-state index in [0.29, 0.717) is 39.3 Å². The molecule has 0 amide bonds. The molecular weight excluding hydrogens is 386 g/mol. The molecule has 0 fully saturated rings. The third kappa shape index (κ3) is 2.76. The molecule has 0 aliphatic rings. The summed E-state index contributed by atoms with van der Waals surface area (Å²) in [6.07, 6.45) is 1.68. The fourth-order valence-corrected chi connectivity index (χ4v) is 3.67. The van der Waals surface area contributed by atoms with Crippen LogP contribution in [0, 0.1) is 0 Å². The monoisotopic (exact) mass is 407 g/mol. The molecule has 4 rings (SSSR count). The van der Waals surface area contributed by atoms with Crippen LogP contribution in [-0.4, -0.2) is 33.0 Å². The number of benzene rings is 2. The van der Waals surface area contributed by atoms with Gasteiger partial charge in [0.2, 0.25) is 0 Å². The Morgan fingerprint density at radius 3 is 2.27 bits per heavy atom. The number of para-hydroxylation sites is 2. The average Bonchev–Trinajstić information content (AvgIpc) is 3.16. The van der Waals surface area contributed by atoms with E-state index in [1.165, 1.54) is 18.7 Å². The van der Waals surface area contributed by atoms with Crippen LogP contribution in [0.1, 0.15) is 0 Å². The van der Waals surface area contributed by atoms with E-state index in [1.807, 2.05) is 0 Å². The van der Waals surface area contributed by atoms with Gasteiger partial charge in [-0.3, -0.25) is 13.9 Å². The molecule has 0 atom stereocenters. The van der Waals surface area contributed by atoms with Crippen LogP contribution in [0.4, 0.5) is 0 Å². The number of aromatic hydroxyl groups is 1. The zero-order chi connectivity index (χ0) is 21.6. The highest BCUT2D eigenvalue weighted by Gasteiger charge is 2.22. The minimum absolute atomic E-state index is 0.0429. The molecule has 0 bridgehead atoms. The molecule has 2 heterocycles. The zero-order valence-corrected chi connectivity index (χ0v) is 17.0. The number of ether oxygens (including phenoxy) is 2. The van der Waals surface area contributed by atoms with E-state index < -0.39 is 11.2 Å². The maximum atomic E-state index is 13.1. The van der Waals surface area contributed by atoms with Crippen LogP contribution in [0.25, 0.3) is 27.8 Å². The number of nitrogens with zero attached hydrogens (tertiary/aromatic N) is 3. The average molecular weight is 407 g/mol. The van der Waals surface area contributed by atoms with Gasteiger partial charge < -0.3 is 19.1 Å². The van der Waals surface area contributed by atoms with Gasteiger partial charge >= 0.3 is 5.69 Å². The van der Waals surface area contributed by atoms with Gasteiger partial charge in [-0.1, -0.05) is 12.1 Å². The van der Waals surface area contributed by atoms with Crippen LogP contribution in [0.15, 0.2) is 58.3 Å². The first-order valence-corrected chi connectivity index (χ1v) is 9.20. The molecule has 0 saturated heterocycles. The van der Waals surface area contributed by atoms with Crippen molar-refractivity contribution in [2.24, 2.45) is 14.1 Å². The van der Waals surface area contributed by atoms with Gasteiger partial charge in [0.1, 0.15) is 5.75 Å². The zero-order valence-electron chi connectivity index (χ0n) is 17.0. The second-order valence-electron chi connectivity index (χ2n) is 6.87. The molecule has 30 heavy (non-hydrogen) atoms. The fourth-order valence-electron chi connectivity index (χ4n) is 3.67. The van der Waals surface area contributed by atoms with Crippen LogP contribution in [0.3, 0.4) is 0 Å². The summed E-state index contributed by atoms with van der Waals surface area (Å²) in [5.74, 6) is 1.09. The maximum absolute atomic E-state index is 13.1. The largest absolute Gasteiger partial charge is 0.506 e. The number of hydrogen-bond donors (Lipinski definition) is 1. The van der Waals surface area contributed by atoms with Crippen LogP contribution >= 0.6 is 0 Å². The second-order valence-corrected chi connectivity index (χ2v) is 6.87. The Bertz CT molecular complexity index is 1390. The number of aromatic nitrogens is 3. The highest BCUT2D eigenvalue weighted by molar-refractivity contribution is 5.95. The molecule has 1 N–H and O–H groups in total. The first-order valence-electron chi connectivity index (χ1n) is 9.20. The smallest absolute Gasteiger partial charge is 0.330 e. The van der Waals surface area contributed by atoms with E-state index in [1.54, 1.807) is 67.4 Å². The molecule has 8 nitrogen and oxygen atoms in total. The Labute approximate surface area is 171 Å². The Kier molecular flexibility index (Phi) is 4.62. The lowest BCUT2D eigenvalue weighted by atomic mass is 10.1. The number of rotatable bonds is 4. The number of methoxy groups -OCH3 is 2. The number of fused-ring (bicyclic) bond motifs is 1. The molecule has 0 spiro atoms. The lowest BCUT2D eigenvalue weighted by Gasteiger charge is -2.14. The summed E-state index contributed by atoms with van der Waals surface area (Å²) in [4.78, 5) is 25.6.